The van der Waals surface area contributed by atoms with E-state index in [1.807, 2.05) is 58.0 Å². The molecule has 2 unspecified atom stereocenters. The van der Waals surface area contributed by atoms with E-state index in [1.54, 1.807) is 12.1 Å². The first-order valence-electron chi connectivity index (χ1n) is 16.9. The van der Waals surface area contributed by atoms with Gasteiger partial charge in [0.15, 0.2) is 0 Å². The normalized spacial score (nSPS) is 17.8. The van der Waals surface area contributed by atoms with E-state index >= 15 is 0 Å². The summed E-state index contributed by atoms with van der Waals surface area (Å²) in [6.07, 6.45) is 1.05. The van der Waals surface area contributed by atoms with E-state index in [1.165, 1.54) is 7.11 Å². The van der Waals surface area contributed by atoms with Crippen LogP contribution in [0.2, 0.25) is 10.0 Å². The molecule has 13 nitrogen and oxygen atoms in total. The van der Waals surface area contributed by atoms with Gasteiger partial charge in [-0.2, -0.15) is 4.98 Å². The number of H-pyrrole nitrogens is 1. The highest BCUT2D eigenvalue weighted by molar-refractivity contribution is 6.38. The number of fused-ring (bicyclic) bond motifs is 3. The molecule has 4 N–H and O–H groups in total. The van der Waals surface area contributed by atoms with Gasteiger partial charge in [-0.3, -0.25) is 9.59 Å². The van der Waals surface area contributed by atoms with Gasteiger partial charge in [0.05, 0.1) is 17.6 Å². The molecule has 4 aromatic rings. The predicted molar refractivity (Wildman–Crippen MR) is 190 cm³/mol. The Labute approximate surface area is 305 Å². The quantitative estimate of drug-likeness (QED) is 0.116. The molecule has 3 amide bonds. The zero-order chi connectivity index (χ0) is 36.9. The van der Waals surface area contributed by atoms with E-state index in [-0.39, 0.29) is 43.0 Å². The molecular formula is C36H42Cl2N6O7. The van der Waals surface area contributed by atoms with Crippen LogP contribution in [0.5, 0.6) is 0 Å². The van der Waals surface area contributed by atoms with E-state index < -0.39 is 41.5 Å². The average molecular weight is 742 g/mol. The van der Waals surface area contributed by atoms with Gasteiger partial charge in [-0.05, 0) is 53.1 Å². The molecule has 0 spiro atoms. The van der Waals surface area contributed by atoms with Crippen molar-refractivity contribution in [3.63, 3.8) is 0 Å². The Morgan fingerprint density at radius 3 is 2.45 bits per heavy atom. The van der Waals surface area contributed by atoms with Gasteiger partial charge in [-0.1, -0.05) is 94.1 Å². The van der Waals surface area contributed by atoms with Crippen LogP contribution in [0.25, 0.3) is 10.9 Å². The highest BCUT2D eigenvalue weighted by Gasteiger charge is 2.47. The number of rotatable bonds is 13. The van der Waals surface area contributed by atoms with Gasteiger partial charge in [0.25, 0.3) is 5.82 Å². The summed E-state index contributed by atoms with van der Waals surface area (Å²) in [6, 6.07) is 10.8. The van der Waals surface area contributed by atoms with Crippen LogP contribution >= 0.6 is 23.2 Å². The highest BCUT2D eigenvalue weighted by atomic mass is 35.5. The minimum absolute atomic E-state index is 0.0158. The summed E-state index contributed by atoms with van der Waals surface area (Å²) in [5.41, 5.74) is 1.60. The van der Waals surface area contributed by atoms with Crippen LogP contribution in [-0.4, -0.2) is 57.7 Å². The van der Waals surface area contributed by atoms with Crippen molar-refractivity contribution < 1.29 is 33.2 Å². The fraction of sp³-hybridized carbons (Fsp3) is 0.444. The number of nitrogens with zero attached hydrogens (tertiary/aromatic N) is 2. The molecule has 5 atom stereocenters. The van der Waals surface area contributed by atoms with E-state index in [0.717, 1.165) is 22.2 Å². The number of aryl methyl sites for hydroxylation is 1. The number of methoxy groups -OCH3 is 1. The molecule has 0 fully saturated rings. The number of aromatic nitrogens is 3. The average Bonchev–Trinajstić information content (AvgIpc) is 3.76. The Morgan fingerprint density at radius 2 is 1.76 bits per heavy atom. The van der Waals surface area contributed by atoms with E-state index in [9.17, 15) is 19.2 Å². The zero-order valence-corrected chi connectivity index (χ0v) is 30.6. The third-order valence-corrected chi connectivity index (χ3v) is 10.2. The largest absolute Gasteiger partial charge is 0.463 e. The zero-order valence-electron chi connectivity index (χ0n) is 29.1. The molecule has 2 heterocycles. The second kappa shape index (κ2) is 16.2. The minimum atomic E-state index is -1.51. The minimum Gasteiger partial charge on any atom is -0.463 e. The third-order valence-electron chi connectivity index (χ3n) is 9.65. The number of hydrogen-bond acceptors (Lipinski definition) is 9. The Hall–Kier alpha value is -4.62. The number of amides is 3. The summed E-state index contributed by atoms with van der Waals surface area (Å²) in [5, 5.41) is 14.1. The smallest absolute Gasteiger partial charge is 0.408 e. The molecule has 5 rings (SSSR count). The van der Waals surface area contributed by atoms with Gasteiger partial charge < -0.3 is 34.9 Å². The molecule has 0 saturated carbocycles. The second-order valence-electron chi connectivity index (χ2n) is 13.0. The summed E-state index contributed by atoms with van der Waals surface area (Å²) < 4.78 is 15.6. The molecule has 0 aliphatic heterocycles. The number of aromatic amines is 1. The van der Waals surface area contributed by atoms with Crippen LogP contribution in [0.1, 0.15) is 86.3 Å². The van der Waals surface area contributed by atoms with Crippen molar-refractivity contribution in [1.29, 1.82) is 0 Å². The molecule has 0 radical (unpaired) electrons. The van der Waals surface area contributed by atoms with Crippen molar-refractivity contribution in [3.8, 4) is 0 Å². The summed E-state index contributed by atoms with van der Waals surface area (Å²) in [5.74, 6) is -2.65. The Balaban J connectivity index is 1.49. The lowest BCUT2D eigenvalue weighted by Gasteiger charge is -2.39. The van der Waals surface area contributed by atoms with Crippen LogP contribution < -0.4 is 16.0 Å². The summed E-state index contributed by atoms with van der Waals surface area (Å²) in [7, 11) is 1.20. The molecular weight excluding hydrogens is 699 g/mol. The van der Waals surface area contributed by atoms with Crippen LogP contribution in [-0.2, 0) is 38.5 Å². The number of hydrogen-bond donors (Lipinski definition) is 4. The van der Waals surface area contributed by atoms with Crippen LogP contribution in [0, 0.1) is 11.8 Å². The van der Waals surface area contributed by atoms with Crippen molar-refractivity contribution in [2.75, 3.05) is 7.11 Å². The maximum absolute atomic E-state index is 14.7. The van der Waals surface area contributed by atoms with Crippen LogP contribution in [0.3, 0.4) is 0 Å². The first kappa shape index (κ1) is 37.6. The second-order valence-corrected chi connectivity index (χ2v) is 13.8. The fourth-order valence-corrected chi connectivity index (χ4v) is 6.77. The van der Waals surface area contributed by atoms with Crippen molar-refractivity contribution >= 4 is 58.0 Å². The molecule has 51 heavy (non-hydrogen) atoms. The fourth-order valence-electron chi connectivity index (χ4n) is 6.23. The highest BCUT2D eigenvalue weighted by Crippen LogP contribution is 2.39. The van der Waals surface area contributed by atoms with Gasteiger partial charge in [-0.25, -0.2) is 9.59 Å². The molecule has 2 aromatic heterocycles. The number of carbonyl (C=O) groups is 4. The molecule has 15 heteroatoms. The van der Waals surface area contributed by atoms with E-state index in [0.29, 0.717) is 34.8 Å². The van der Waals surface area contributed by atoms with Gasteiger partial charge >= 0.3 is 12.1 Å². The van der Waals surface area contributed by atoms with Crippen molar-refractivity contribution in [3.05, 3.63) is 81.0 Å². The van der Waals surface area contributed by atoms with Crippen LogP contribution in [0.4, 0.5) is 4.79 Å². The van der Waals surface area contributed by atoms with Gasteiger partial charge in [0.2, 0.25) is 17.7 Å². The van der Waals surface area contributed by atoms with Crippen molar-refractivity contribution in [2.24, 2.45) is 11.8 Å². The molecule has 1 aliphatic rings. The number of benzene rings is 2. The molecule has 272 valence electrons. The number of nitrogens with one attached hydrogen (secondary N) is 4. The monoisotopic (exact) mass is 740 g/mol. The number of carbonyl (C=O) groups excluding carboxylic acids is 4. The Bertz CT molecular complexity index is 1900. The molecule has 1 aliphatic carbocycles. The molecule has 0 bridgehead atoms. The van der Waals surface area contributed by atoms with Gasteiger partial charge in [0.1, 0.15) is 24.2 Å². The first-order valence-corrected chi connectivity index (χ1v) is 17.7. The maximum Gasteiger partial charge on any atom is 0.408 e. The predicted octanol–water partition coefficient (Wildman–Crippen LogP) is 6.23. The molecule has 0 saturated heterocycles. The summed E-state index contributed by atoms with van der Waals surface area (Å²) in [4.78, 5) is 61.7. The van der Waals surface area contributed by atoms with Crippen molar-refractivity contribution in [1.82, 2.24) is 31.1 Å². The topological polar surface area (TPSA) is 178 Å². The Morgan fingerprint density at radius 1 is 1.04 bits per heavy atom. The first-order chi connectivity index (χ1) is 24.4. The number of halogens is 2. The summed E-state index contributed by atoms with van der Waals surface area (Å²) >= 11 is 13.0. The lowest BCUT2D eigenvalue weighted by molar-refractivity contribution is -0.136. The maximum atomic E-state index is 14.7. The summed E-state index contributed by atoms with van der Waals surface area (Å²) in [6.45, 7) is 7.59. The third kappa shape index (κ3) is 8.31. The van der Waals surface area contributed by atoms with E-state index in [4.69, 9.17) is 37.2 Å². The Kier molecular flexibility index (Phi) is 11.9. The lowest BCUT2D eigenvalue weighted by atomic mass is 9.78. The van der Waals surface area contributed by atoms with Gasteiger partial charge in [0, 0.05) is 22.5 Å². The number of ether oxygens (including phenoxy) is 2. The van der Waals surface area contributed by atoms with Crippen LogP contribution in [0.15, 0.2) is 47.0 Å². The molecule has 2 aromatic carbocycles. The SMILES string of the molecule is CCC(C)[C@H](NC(=O)OCc1ccccc1)C(=O)N[C@@]1(C(=O)N[C@H](c2nc(C(=O)OC)no2)C(C)CC)CCc2[nH]c3c(Cl)cc(Cl)cc3c2C1. The van der Waals surface area contributed by atoms with Gasteiger partial charge in [-0.15, -0.1) is 0 Å². The number of esters is 1. The standard InChI is InChI=1S/C36H42Cl2N6O7/c1-6-19(3)27(41-35(48)50-18-21-11-9-8-10-12-21)31(45)43-36(14-13-26-24(17-36)23-15-22(37)16-25(38)29(23)39-26)34(47)40-28(20(4)7-2)32-42-30(44-51-32)33(46)49-5/h8-12,15-16,19-20,27-28,39H,6-7,13-14,17-18H2,1-5H3,(H,40,47)(H,41,48)(H,43,45)/t19?,20?,27-,28-,36-/m0/s1. The van der Waals surface area contributed by atoms with Crippen molar-refractivity contribution in [2.45, 2.75) is 84.0 Å². The lowest BCUT2D eigenvalue weighted by Crippen LogP contribution is -2.65. The van der Waals surface area contributed by atoms with E-state index in [2.05, 4.69) is 31.1 Å². The number of alkyl carbamates (subject to hydrolysis) is 1.